The third-order valence-electron chi connectivity index (χ3n) is 8.91. The second-order valence-electron chi connectivity index (χ2n) is 11.1. The Morgan fingerprint density at radius 2 is 0.630 bits per heavy atom. The molecule has 0 saturated carbocycles. The Labute approximate surface area is 291 Å². The predicted octanol–water partition coefficient (Wildman–Crippen LogP) is 9.90. The summed E-state index contributed by atoms with van der Waals surface area (Å²) in [5, 5.41) is 29.8. The number of hydrogen-bond donors (Lipinski definition) is 0. The van der Waals surface area contributed by atoms with E-state index in [4.69, 9.17) is 19.7 Å². The van der Waals surface area contributed by atoms with Gasteiger partial charge in [0, 0.05) is 66.8 Å². The quantitative estimate of drug-likeness (QED) is 0.0510. The molecule has 3 aliphatic rings. The van der Waals surface area contributed by atoms with Crippen LogP contribution in [0.4, 0.5) is 52.7 Å². The molecule has 0 amide bonds. The summed E-state index contributed by atoms with van der Waals surface area (Å²) in [6.07, 6.45) is 0. The summed E-state index contributed by atoms with van der Waals surface area (Å²) in [4.78, 5) is 8.51. The van der Waals surface area contributed by atoms with Crippen molar-refractivity contribution in [2.24, 2.45) is 0 Å². The van der Waals surface area contributed by atoms with Crippen LogP contribution in [0.5, 0.6) is 0 Å². The SMILES string of the molecule is [C-]#[N+]C([N+]#[C-])=C1c2c(F)c(F)c(F)c(F)c2-c2c3c(c4c(c21)-c1c(F)c(F)c(F)c(F)c1/C4=C(/C#N)[N+]#[C-])-c1c(F)c(F)c(F)c(F)c1C3=C(C#N)C#N. The van der Waals surface area contributed by atoms with Crippen LogP contribution >= 0.6 is 0 Å². The van der Waals surface area contributed by atoms with E-state index < -0.39 is 170 Å². The topological polar surface area (TPSA) is 84.4 Å². The average molecular weight is 744 g/mol. The highest BCUT2D eigenvalue weighted by Gasteiger charge is 2.52. The van der Waals surface area contributed by atoms with E-state index in [-0.39, 0.29) is 0 Å². The molecule has 0 aromatic heterocycles. The monoisotopic (exact) mass is 744 g/mol. The molecule has 0 atom stereocenters. The predicted molar refractivity (Wildman–Crippen MR) is 157 cm³/mol. The maximum atomic E-state index is 16.2. The molecule has 0 aliphatic heterocycles. The molecule has 0 bridgehead atoms. The van der Waals surface area contributed by atoms with Gasteiger partial charge < -0.3 is 0 Å². The zero-order chi connectivity index (χ0) is 39.6. The highest BCUT2D eigenvalue weighted by molar-refractivity contribution is 6.24. The van der Waals surface area contributed by atoms with Gasteiger partial charge in [-0.15, -0.1) is 0 Å². The van der Waals surface area contributed by atoms with Crippen LogP contribution in [-0.2, 0) is 0 Å². The van der Waals surface area contributed by atoms with Gasteiger partial charge in [0.2, 0.25) is 0 Å². The summed E-state index contributed by atoms with van der Waals surface area (Å²) in [6.45, 7) is 22.7. The first kappa shape index (κ1) is 34.6. The van der Waals surface area contributed by atoms with E-state index in [1.807, 2.05) is 0 Å². The van der Waals surface area contributed by atoms with Crippen molar-refractivity contribution in [2.75, 3.05) is 0 Å². The van der Waals surface area contributed by atoms with E-state index in [0.29, 0.717) is 0 Å². The normalized spacial score (nSPS) is 13.2. The molecule has 0 fully saturated rings. The van der Waals surface area contributed by atoms with E-state index in [1.165, 1.54) is 18.2 Å². The molecule has 0 N–H and O–H groups in total. The second-order valence-corrected chi connectivity index (χ2v) is 11.1. The van der Waals surface area contributed by atoms with E-state index in [0.717, 1.165) is 0 Å². The molecule has 0 unspecified atom stereocenters. The van der Waals surface area contributed by atoms with Gasteiger partial charge in [-0.1, -0.05) is 0 Å². The second kappa shape index (κ2) is 11.4. The average Bonchev–Trinajstić information content (AvgIpc) is 3.82. The summed E-state index contributed by atoms with van der Waals surface area (Å²) >= 11 is 0. The van der Waals surface area contributed by atoms with Crippen LogP contribution in [0.1, 0.15) is 33.4 Å². The lowest BCUT2D eigenvalue weighted by Crippen LogP contribution is -2.03. The lowest BCUT2D eigenvalue weighted by atomic mass is 9.83. The number of benzene rings is 4. The maximum absolute atomic E-state index is 16.2. The highest BCUT2D eigenvalue weighted by Crippen LogP contribution is 2.67. The third kappa shape index (κ3) is 3.76. The number of nitriles is 3. The maximum Gasteiger partial charge on any atom is 0.528 e. The largest absolute Gasteiger partial charge is 0.528 e. The van der Waals surface area contributed by atoms with Crippen molar-refractivity contribution in [3.63, 3.8) is 0 Å². The van der Waals surface area contributed by atoms with Crippen molar-refractivity contribution in [1.82, 2.24) is 0 Å². The first-order valence-corrected chi connectivity index (χ1v) is 14.0. The number of fused-ring (bicyclic) bond motifs is 12. The molecule has 0 radical (unpaired) electrons. The molecular weight excluding hydrogens is 744 g/mol. The smallest absolute Gasteiger partial charge is 0.226 e. The van der Waals surface area contributed by atoms with Crippen molar-refractivity contribution in [1.29, 1.82) is 15.8 Å². The van der Waals surface area contributed by atoms with Gasteiger partial charge in [0.05, 0.1) is 18.2 Å². The molecule has 0 heterocycles. The van der Waals surface area contributed by atoms with Gasteiger partial charge in [-0.3, -0.25) is 0 Å². The van der Waals surface area contributed by atoms with Crippen LogP contribution < -0.4 is 0 Å². The van der Waals surface area contributed by atoms with Gasteiger partial charge in [-0.2, -0.15) is 20.2 Å². The van der Waals surface area contributed by atoms with E-state index >= 15 is 39.5 Å². The fourth-order valence-electron chi connectivity index (χ4n) is 7.05. The Bertz CT molecular complexity index is 2630. The Balaban J connectivity index is 2.02. The molecular formula is C36F12N6. The van der Waals surface area contributed by atoms with Crippen molar-refractivity contribution in [3.8, 4) is 51.6 Å². The number of nitrogens with zero attached hydrogens (tertiary/aromatic N) is 6. The van der Waals surface area contributed by atoms with Crippen molar-refractivity contribution in [3.05, 3.63) is 155 Å². The molecule has 258 valence electrons. The minimum Gasteiger partial charge on any atom is -0.226 e. The fourth-order valence-corrected chi connectivity index (χ4v) is 7.05. The number of halogens is 12. The molecule has 4 aromatic carbocycles. The van der Waals surface area contributed by atoms with Crippen molar-refractivity contribution < 1.29 is 52.7 Å². The van der Waals surface area contributed by atoms with Crippen LogP contribution in [0, 0.1) is 124 Å². The summed E-state index contributed by atoms with van der Waals surface area (Å²) < 4.78 is 187. The Morgan fingerprint density at radius 3 is 0.944 bits per heavy atom. The minimum absolute atomic E-state index is 1.22. The van der Waals surface area contributed by atoms with Crippen LogP contribution in [0.25, 0.3) is 64.6 Å². The number of rotatable bonds is 0. The van der Waals surface area contributed by atoms with E-state index in [2.05, 4.69) is 14.5 Å². The van der Waals surface area contributed by atoms with Gasteiger partial charge in [0.25, 0.3) is 5.70 Å². The number of hydrogen-bond acceptors (Lipinski definition) is 3. The van der Waals surface area contributed by atoms with Crippen LogP contribution in [-0.4, -0.2) is 0 Å². The molecule has 6 nitrogen and oxygen atoms in total. The summed E-state index contributed by atoms with van der Waals surface area (Å²) in [5.41, 5.74) is -24.1. The molecule has 0 saturated heterocycles. The first-order chi connectivity index (χ1) is 25.6. The fraction of sp³-hybridized carbons (Fsp3) is 0. The van der Waals surface area contributed by atoms with Crippen molar-refractivity contribution >= 4 is 16.7 Å². The zero-order valence-corrected chi connectivity index (χ0v) is 25.2. The standard InChI is InChI=1S/C36F12N6/c1-52-8(6-51)10-12-13-11(9(7(4-49)5-50)17-19(13)26(39)32(45)30(43)24(17)37)14-16(15(12)20-18(10)25(38)31(44)33(46)27(20)40)23(36(53-2)54-3)22-21(14)28(41)34(47)35(48)29(22)42/b10-8-. The van der Waals surface area contributed by atoms with Gasteiger partial charge >= 0.3 is 5.82 Å². The summed E-state index contributed by atoms with van der Waals surface area (Å²) in [7, 11) is 0. The molecule has 54 heavy (non-hydrogen) atoms. The lowest BCUT2D eigenvalue weighted by molar-refractivity contribution is 0.410. The van der Waals surface area contributed by atoms with E-state index in [9.17, 15) is 29.0 Å². The molecule has 18 heteroatoms. The summed E-state index contributed by atoms with van der Waals surface area (Å²) in [5.74, 6) is -31.7. The molecule has 0 spiro atoms. The van der Waals surface area contributed by atoms with Gasteiger partial charge in [0.1, 0.15) is 30.9 Å². The Hall–Kier alpha value is -7.80. The number of allylic oxidation sites excluding steroid dienone is 2. The summed E-state index contributed by atoms with van der Waals surface area (Å²) in [6, 6.07) is 3.66. The lowest BCUT2D eigenvalue weighted by Gasteiger charge is -2.19. The molecule has 3 aliphatic carbocycles. The molecule has 7 rings (SSSR count). The van der Waals surface area contributed by atoms with Crippen LogP contribution in [0.15, 0.2) is 17.1 Å². The Kier molecular flexibility index (Phi) is 7.28. The molecule has 4 aromatic rings. The van der Waals surface area contributed by atoms with Gasteiger partial charge in [-0.05, 0) is 11.1 Å². The van der Waals surface area contributed by atoms with Crippen molar-refractivity contribution in [2.45, 2.75) is 0 Å². The van der Waals surface area contributed by atoms with Crippen LogP contribution in [0.3, 0.4) is 0 Å². The minimum atomic E-state index is -2.64. The van der Waals surface area contributed by atoms with Crippen LogP contribution in [0.2, 0.25) is 0 Å². The van der Waals surface area contributed by atoms with Gasteiger partial charge in [-0.25, -0.2) is 62.8 Å². The van der Waals surface area contributed by atoms with E-state index in [1.54, 1.807) is 0 Å². The van der Waals surface area contributed by atoms with Gasteiger partial charge in [0.15, 0.2) is 69.8 Å². The first-order valence-electron chi connectivity index (χ1n) is 14.0. The third-order valence-corrected chi connectivity index (χ3v) is 8.91. The zero-order valence-electron chi connectivity index (χ0n) is 25.2. The Morgan fingerprint density at radius 1 is 0.333 bits per heavy atom. The highest BCUT2D eigenvalue weighted by atomic mass is 19.2.